The van der Waals surface area contributed by atoms with Crippen LogP contribution >= 0.6 is 0 Å². The molecule has 3 amide bonds. The Morgan fingerprint density at radius 1 is 1.13 bits per heavy atom. The summed E-state index contributed by atoms with van der Waals surface area (Å²) in [5, 5.41) is 13.2. The monoisotopic (exact) mass is 316 g/mol. The van der Waals surface area contributed by atoms with Gasteiger partial charge in [0.1, 0.15) is 0 Å². The zero-order valence-electron chi connectivity index (χ0n) is 12.9. The number of piperidine rings is 1. The van der Waals surface area contributed by atoms with Crippen molar-refractivity contribution in [2.24, 2.45) is 17.8 Å². The molecule has 4 atom stereocenters. The summed E-state index contributed by atoms with van der Waals surface area (Å²) < 4.78 is 0. The lowest BCUT2D eigenvalue weighted by Crippen LogP contribution is -2.42. The van der Waals surface area contributed by atoms with Gasteiger partial charge in [0.15, 0.2) is 11.5 Å². The zero-order chi connectivity index (χ0) is 15.6. The number of carbonyl (C=O) groups is 2. The second-order valence-corrected chi connectivity index (χ2v) is 7.23. The van der Waals surface area contributed by atoms with Crippen LogP contribution in [0.3, 0.4) is 0 Å². The Morgan fingerprint density at radius 3 is 2.70 bits per heavy atom. The first-order valence-electron chi connectivity index (χ1n) is 8.50. The Balaban J connectivity index is 1.30. The predicted octanol–water partition coefficient (Wildman–Crippen LogP) is 0.913. The number of rotatable bonds is 2. The van der Waals surface area contributed by atoms with Gasteiger partial charge in [0.2, 0.25) is 0 Å². The van der Waals surface area contributed by atoms with Gasteiger partial charge >= 0.3 is 6.03 Å². The highest BCUT2D eigenvalue weighted by atomic mass is 16.2. The maximum absolute atomic E-state index is 12.6. The number of anilines is 1. The lowest BCUT2D eigenvalue weighted by Gasteiger charge is -2.26. The van der Waals surface area contributed by atoms with E-state index in [-0.39, 0.29) is 23.5 Å². The Morgan fingerprint density at radius 2 is 1.96 bits per heavy atom. The van der Waals surface area contributed by atoms with Gasteiger partial charge in [-0.15, -0.1) is 10.2 Å². The first-order chi connectivity index (χ1) is 11.2. The largest absolute Gasteiger partial charge is 0.337 e. The molecule has 5 rings (SSSR count). The van der Waals surface area contributed by atoms with Crippen LogP contribution in [0.15, 0.2) is 0 Å². The fourth-order valence-electron chi connectivity index (χ4n) is 4.78. The van der Waals surface area contributed by atoms with E-state index in [0.717, 1.165) is 44.8 Å². The third-order valence-corrected chi connectivity index (χ3v) is 6.00. The number of likely N-dealkylation sites (tertiary alicyclic amines) is 2. The Bertz CT molecular complexity index is 667. The summed E-state index contributed by atoms with van der Waals surface area (Å²) in [5.41, 5.74) is 0.217. The number of nitrogens with one attached hydrogen (secondary N) is 2. The van der Waals surface area contributed by atoms with Crippen LogP contribution < -0.4 is 5.32 Å². The van der Waals surface area contributed by atoms with Gasteiger partial charge in [0.25, 0.3) is 5.91 Å². The zero-order valence-corrected chi connectivity index (χ0v) is 12.9. The number of amides is 3. The smallest absolute Gasteiger partial charge is 0.323 e. The maximum atomic E-state index is 12.6. The van der Waals surface area contributed by atoms with Crippen LogP contribution in [-0.2, 0) is 0 Å². The third-order valence-electron chi connectivity index (χ3n) is 6.00. The SMILES string of the molecule is O=C(c1n[nH]nc1NC(=O)N1C[C@@H]2C[C@H]1[C@H]1C[C@@H]21)N1CCCC1. The second-order valence-electron chi connectivity index (χ2n) is 7.23. The van der Waals surface area contributed by atoms with E-state index in [1.807, 2.05) is 4.90 Å². The van der Waals surface area contributed by atoms with Crippen LogP contribution in [0, 0.1) is 17.8 Å². The molecular formula is C15H20N6O2. The van der Waals surface area contributed by atoms with Crippen molar-refractivity contribution in [2.75, 3.05) is 25.0 Å². The highest BCUT2D eigenvalue weighted by molar-refractivity contribution is 6.00. The molecule has 2 saturated carbocycles. The molecule has 2 bridgehead atoms. The molecule has 8 nitrogen and oxygen atoms in total. The number of urea groups is 1. The molecule has 0 unspecified atom stereocenters. The molecule has 4 fully saturated rings. The molecule has 1 aromatic rings. The molecule has 2 aliphatic heterocycles. The van der Waals surface area contributed by atoms with Crippen molar-refractivity contribution in [2.45, 2.75) is 31.7 Å². The quantitative estimate of drug-likeness (QED) is 0.848. The summed E-state index contributed by atoms with van der Waals surface area (Å²) in [6.07, 6.45) is 4.46. The van der Waals surface area contributed by atoms with Crippen molar-refractivity contribution in [3.8, 4) is 0 Å². The molecule has 0 aromatic carbocycles. The molecular weight excluding hydrogens is 296 g/mol. The summed E-state index contributed by atoms with van der Waals surface area (Å²) in [6, 6.07) is 0.238. The molecule has 1 aromatic heterocycles. The third kappa shape index (κ3) is 1.96. The van der Waals surface area contributed by atoms with E-state index in [4.69, 9.17) is 0 Å². The van der Waals surface area contributed by atoms with Gasteiger partial charge in [0.05, 0.1) is 0 Å². The number of nitrogens with zero attached hydrogens (tertiary/aromatic N) is 4. The van der Waals surface area contributed by atoms with Gasteiger partial charge in [-0.1, -0.05) is 0 Å². The van der Waals surface area contributed by atoms with Crippen LogP contribution in [0.1, 0.15) is 36.2 Å². The second kappa shape index (κ2) is 4.69. The first kappa shape index (κ1) is 13.3. The van der Waals surface area contributed by atoms with Crippen molar-refractivity contribution in [3.05, 3.63) is 5.69 Å². The van der Waals surface area contributed by atoms with Gasteiger partial charge < -0.3 is 9.80 Å². The van der Waals surface area contributed by atoms with Crippen LogP contribution in [-0.4, -0.2) is 62.8 Å². The number of fused-ring (bicyclic) bond motifs is 5. The minimum Gasteiger partial charge on any atom is -0.337 e. The van der Waals surface area contributed by atoms with Gasteiger partial charge in [-0.2, -0.15) is 5.21 Å². The van der Waals surface area contributed by atoms with Crippen molar-refractivity contribution in [3.63, 3.8) is 0 Å². The van der Waals surface area contributed by atoms with Crippen molar-refractivity contribution >= 4 is 17.8 Å². The number of aromatic amines is 1. The average molecular weight is 316 g/mol. The Hall–Kier alpha value is -2.12. The lowest BCUT2D eigenvalue weighted by molar-refractivity contribution is 0.0788. The van der Waals surface area contributed by atoms with Crippen LogP contribution in [0.5, 0.6) is 0 Å². The van der Waals surface area contributed by atoms with E-state index >= 15 is 0 Å². The van der Waals surface area contributed by atoms with E-state index in [1.165, 1.54) is 6.42 Å². The van der Waals surface area contributed by atoms with Crippen LogP contribution in [0.2, 0.25) is 0 Å². The molecule has 122 valence electrons. The predicted molar refractivity (Wildman–Crippen MR) is 80.7 cm³/mol. The molecule has 0 spiro atoms. The standard InChI is InChI=1S/C15H20N6O2/c22-14(20-3-1-2-4-20)12-13(18-19-17-12)16-15(23)21-7-8-5-11(21)10-6-9(8)10/h8-11H,1-7H2,(H2,16,17,18,19,23)/t8-,9-,10-,11-/m0/s1. The van der Waals surface area contributed by atoms with Gasteiger partial charge in [-0.3, -0.25) is 10.1 Å². The summed E-state index contributed by atoms with van der Waals surface area (Å²) >= 11 is 0. The summed E-state index contributed by atoms with van der Waals surface area (Å²) in [4.78, 5) is 28.7. The number of aromatic nitrogens is 3. The molecule has 4 aliphatic rings. The van der Waals surface area contributed by atoms with Crippen molar-refractivity contribution in [1.29, 1.82) is 0 Å². The Kier molecular flexibility index (Phi) is 2.72. The van der Waals surface area contributed by atoms with Gasteiger partial charge in [-0.25, -0.2) is 4.79 Å². The fourth-order valence-corrected chi connectivity index (χ4v) is 4.78. The van der Waals surface area contributed by atoms with Crippen LogP contribution in [0.4, 0.5) is 10.6 Å². The van der Waals surface area contributed by atoms with Crippen molar-refractivity contribution in [1.82, 2.24) is 25.2 Å². The summed E-state index contributed by atoms with van der Waals surface area (Å²) in [5.74, 6) is 2.35. The number of carbonyl (C=O) groups excluding carboxylic acids is 2. The minimum absolute atomic E-state index is 0.146. The number of hydrogen-bond acceptors (Lipinski definition) is 4. The molecule has 23 heavy (non-hydrogen) atoms. The normalized spacial score (nSPS) is 33.9. The number of H-pyrrole nitrogens is 1. The number of hydrogen-bond donors (Lipinski definition) is 2. The summed E-state index contributed by atoms with van der Waals surface area (Å²) in [7, 11) is 0. The molecule has 0 radical (unpaired) electrons. The highest BCUT2D eigenvalue weighted by Gasteiger charge is 2.61. The van der Waals surface area contributed by atoms with E-state index in [9.17, 15) is 9.59 Å². The molecule has 8 heteroatoms. The average Bonchev–Trinajstić information content (AvgIpc) is 3.05. The maximum Gasteiger partial charge on any atom is 0.323 e. The van der Waals surface area contributed by atoms with Crippen molar-refractivity contribution < 1.29 is 9.59 Å². The van der Waals surface area contributed by atoms with E-state index in [2.05, 4.69) is 20.7 Å². The van der Waals surface area contributed by atoms with Crippen LogP contribution in [0.25, 0.3) is 0 Å². The molecule has 2 N–H and O–H groups in total. The Labute approximate surface area is 133 Å². The minimum atomic E-state index is -0.156. The molecule has 2 saturated heterocycles. The van der Waals surface area contributed by atoms with E-state index < -0.39 is 0 Å². The fraction of sp³-hybridized carbons (Fsp3) is 0.733. The lowest BCUT2D eigenvalue weighted by atomic mass is 10.1. The van der Waals surface area contributed by atoms with Gasteiger partial charge in [-0.05, 0) is 43.4 Å². The molecule has 3 heterocycles. The molecule has 2 aliphatic carbocycles. The summed E-state index contributed by atoms with van der Waals surface area (Å²) in [6.45, 7) is 2.33. The van der Waals surface area contributed by atoms with E-state index in [0.29, 0.717) is 17.9 Å². The van der Waals surface area contributed by atoms with E-state index in [1.54, 1.807) is 4.90 Å². The highest BCUT2D eigenvalue weighted by Crippen LogP contribution is 2.61. The van der Waals surface area contributed by atoms with Gasteiger partial charge in [0, 0.05) is 25.7 Å². The first-order valence-corrected chi connectivity index (χ1v) is 8.50. The topological polar surface area (TPSA) is 94.2 Å².